The van der Waals surface area contributed by atoms with E-state index in [4.69, 9.17) is 20.1 Å². The number of anilines is 1. The predicted molar refractivity (Wildman–Crippen MR) is 140 cm³/mol. The molecule has 0 saturated carbocycles. The maximum Gasteiger partial charge on any atom is 0.363 e. The minimum absolute atomic E-state index is 0.191. The topological polar surface area (TPSA) is 120 Å². The Labute approximate surface area is 218 Å². The van der Waals surface area contributed by atoms with Gasteiger partial charge in [-0.3, -0.25) is 0 Å². The van der Waals surface area contributed by atoms with E-state index in [2.05, 4.69) is 15.5 Å². The first kappa shape index (κ1) is 25.1. The van der Waals surface area contributed by atoms with Crippen LogP contribution in [0.5, 0.6) is 0 Å². The van der Waals surface area contributed by atoms with Crippen molar-refractivity contribution in [2.75, 3.05) is 18.5 Å². The fourth-order valence-corrected chi connectivity index (χ4v) is 4.61. The number of ether oxygens (including phenoxy) is 1. The molecule has 0 amide bonds. The third-order valence-electron chi connectivity index (χ3n) is 5.41. The van der Waals surface area contributed by atoms with Crippen LogP contribution in [0, 0.1) is 22.7 Å². The van der Waals surface area contributed by atoms with E-state index < -0.39 is 18.1 Å². The predicted octanol–water partition coefficient (Wildman–Crippen LogP) is 4.86. The van der Waals surface area contributed by atoms with Crippen LogP contribution in [0.25, 0.3) is 0 Å². The lowest BCUT2D eigenvalue weighted by molar-refractivity contribution is -0.134. The molecule has 3 aromatic carbocycles. The largest absolute Gasteiger partial charge is 0.445 e. The fraction of sp³-hybridized carbons (Fsp3) is 0.107. The molecule has 0 aliphatic rings. The van der Waals surface area contributed by atoms with Crippen LogP contribution in [-0.2, 0) is 19.9 Å². The maximum atomic E-state index is 12.5. The molecule has 0 aliphatic carbocycles. The standard InChI is InChI=1S/C28H21N5O3S/c29-16-18-35-26(34)25(33-36-19-17-30)24-20-37-27(31-24)32-28(21-10-4-1-5-11-21,22-12-6-2-7-13-22)23-14-8-3-9-15-23/h1-15,20H,18-19H2,(H,31,32)/b33-25-. The van der Waals surface area contributed by atoms with Gasteiger partial charge < -0.3 is 14.9 Å². The van der Waals surface area contributed by atoms with Gasteiger partial charge in [-0.2, -0.15) is 10.5 Å². The van der Waals surface area contributed by atoms with Crippen LogP contribution in [0.15, 0.2) is 102 Å². The molecule has 4 aromatic rings. The molecular weight excluding hydrogens is 486 g/mol. The Morgan fingerprint density at radius 2 is 1.38 bits per heavy atom. The number of nitriles is 2. The quantitative estimate of drug-likeness (QED) is 0.107. The van der Waals surface area contributed by atoms with Crippen LogP contribution in [-0.4, -0.2) is 29.9 Å². The Bertz CT molecular complexity index is 1350. The SMILES string of the molecule is N#CCO/N=C(\C(=O)OCC#N)c1csc(NC(c2ccccc2)(c2ccccc2)c2ccccc2)n1. The Hall–Kier alpha value is -4.99. The summed E-state index contributed by atoms with van der Waals surface area (Å²) in [5.41, 5.74) is 2.11. The second kappa shape index (κ2) is 12.1. The van der Waals surface area contributed by atoms with Crippen molar-refractivity contribution < 1.29 is 14.4 Å². The van der Waals surface area contributed by atoms with Gasteiger partial charge in [0, 0.05) is 5.38 Å². The second-order valence-corrected chi connectivity index (χ2v) is 8.47. The van der Waals surface area contributed by atoms with E-state index in [1.807, 2.05) is 91.0 Å². The summed E-state index contributed by atoms with van der Waals surface area (Å²) in [5, 5.41) is 27.0. The number of thiazole rings is 1. The molecule has 0 spiro atoms. The van der Waals surface area contributed by atoms with Crippen molar-refractivity contribution >= 4 is 28.1 Å². The van der Waals surface area contributed by atoms with E-state index in [1.165, 1.54) is 11.3 Å². The number of oxime groups is 1. The van der Waals surface area contributed by atoms with Gasteiger partial charge in [-0.1, -0.05) is 96.2 Å². The van der Waals surface area contributed by atoms with E-state index >= 15 is 0 Å². The summed E-state index contributed by atoms with van der Waals surface area (Å²) in [4.78, 5) is 22.0. The lowest BCUT2D eigenvalue weighted by Gasteiger charge is -2.36. The number of benzene rings is 3. The van der Waals surface area contributed by atoms with Gasteiger partial charge >= 0.3 is 5.97 Å². The van der Waals surface area contributed by atoms with Crippen molar-refractivity contribution in [1.29, 1.82) is 10.5 Å². The molecule has 37 heavy (non-hydrogen) atoms. The van der Waals surface area contributed by atoms with Crippen molar-refractivity contribution in [1.82, 2.24) is 4.98 Å². The molecular formula is C28H21N5O3S. The van der Waals surface area contributed by atoms with Gasteiger partial charge in [-0.05, 0) is 16.7 Å². The zero-order chi connectivity index (χ0) is 25.9. The van der Waals surface area contributed by atoms with Gasteiger partial charge in [0.25, 0.3) is 0 Å². The van der Waals surface area contributed by atoms with Crippen molar-refractivity contribution in [3.63, 3.8) is 0 Å². The lowest BCUT2D eigenvalue weighted by atomic mass is 9.77. The van der Waals surface area contributed by atoms with Gasteiger partial charge in [-0.15, -0.1) is 11.3 Å². The summed E-state index contributed by atoms with van der Waals surface area (Å²) in [5.74, 6) is -0.878. The zero-order valence-corrected chi connectivity index (χ0v) is 20.4. The first-order chi connectivity index (χ1) is 18.2. The molecule has 1 aromatic heterocycles. The van der Waals surface area contributed by atoms with Crippen molar-refractivity contribution in [3.05, 3.63) is 119 Å². The molecule has 1 N–H and O–H groups in total. The fourth-order valence-electron chi connectivity index (χ4n) is 3.86. The van der Waals surface area contributed by atoms with E-state index in [1.54, 1.807) is 17.5 Å². The van der Waals surface area contributed by atoms with Crippen LogP contribution < -0.4 is 5.32 Å². The van der Waals surface area contributed by atoms with Crippen LogP contribution in [0.3, 0.4) is 0 Å². The molecule has 4 rings (SSSR count). The van der Waals surface area contributed by atoms with E-state index in [9.17, 15) is 4.79 Å². The number of carbonyl (C=O) groups excluding carboxylic acids is 1. The Kier molecular flexibility index (Phi) is 8.22. The molecule has 0 aliphatic heterocycles. The van der Waals surface area contributed by atoms with Crippen molar-refractivity contribution in [3.8, 4) is 12.1 Å². The summed E-state index contributed by atoms with van der Waals surface area (Å²) in [6.45, 7) is -0.812. The Morgan fingerprint density at radius 1 is 0.865 bits per heavy atom. The highest BCUT2D eigenvalue weighted by molar-refractivity contribution is 7.14. The lowest BCUT2D eigenvalue weighted by Crippen LogP contribution is -2.38. The smallest absolute Gasteiger partial charge is 0.363 e. The summed E-state index contributed by atoms with van der Waals surface area (Å²) in [6.07, 6.45) is 0. The van der Waals surface area contributed by atoms with Crippen molar-refractivity contribution in [2.24, 2.45) is 5.16 Å². The molecule has 9 heteroatoms. The van der Waals surface area contributed by atoms with Gasteiger partial charge in [-0.25, -0.2) is 9.78 Å². The normalized spacial score (nSPS) is 11.1. The molecule has 1 heterocycles. The highest BCUT2D eigenvalue weighted by Crippen LogP contribution is 2.40. The summed E-state index contributed by atoms with van der Waals surface area (Å²) >= 11 is 1.27. The Morgan fingerprint density at radius 3 is 1.86 bits per heavy atom. The third-order valence-corrected chi connectivity index (χ3v) is 6.17. The number of hydrogen-bond donors (Lipinski definition) is 1. The Balaban J connectivity index is 1.81. The van der Waals surface area contributed by atoms with Crippen LogP contribution >= 0.6 is 11.3 Å². The van der Waals surface area contributed by atoms with E-state index in [0.29, 0.717) is 5.13 Å². The number of aromatic nitrogens is 1. The molecule has 0 bridgehead atoms. The number of nitrogens with zero attached hydrogens (tertiary/aromatic N) is 4. The highest BCUT2D eigenvalue weighted by atomic mass is 32.1. The average molecular weight is 508 g/mol. The van der Waals surface area contributed by atoms with Gasteiger partial charge in [0.1, 0.15) is 23.4 Å². The van der Waals surface area contributed by atoms with Gasteiger partial charge in [0.15, 0.2) is 11.7 Å². The van der Waals surface area contributed by atoms with Crippen LogP contribution in [0.1, 0.15) is 22.4 Å². The highest BCUT2D eigenvalue weighted by Gasteiger charge is 2.37. The molecule has 0 saturated heterocycles. The molecule has 0 atom stereocenters. The second-order valence-electron chi connectivity index (χ2n) is 7.62. The van der Waals surface area contributed by atoms with E-state index in [0.717, 1.165) is 16.7 Å². The minimum Gasteiger partial charge on any atom is -0.445 e. The summed E-state index contributed by atoms with van der Waals surface area (Å²) in [6, 6.07) is 33.6. The monoisotopic (exact) mass is 507 g/mol. The molecule has 0 unspecified atom stereocenters. The molecule has 8 nitrogen and oxygen atoms in total. The van der Waals surface area contributed by atoms with E-state index in [-0.39, 0.29) is 18.0 Å². The first-order valence-electron chi connectivity index (χ1n) is 11.2. The van der Waals surface area contributed by atoms with Gasteiger partial charge in [0.2, 0.25) is 12.3 Å². The van der Waals surface area contributed by atoms with Crippen LogP contribution in [0.2, 0.25) is 0 Å². The van der Waals surface area contributed by atoms with Crippen LogP contribution in [0.4, 0.5) is 5.13 Å². The number of rotatable bonds is 10. The summed E-state index contributed by atoms with van der Waals surface area (Å²) in [7, 11) is 0. The third kappa shape index (κ3) is 5.64. The zero-order valence-electron chi connectivity index (χ0n) is 19.6. The molecule has 182 valence electrons. The minimum atomic E-state index is -0.878. The average Bonchev–Trinajstić information content (AvgIpc) is 3.42. The first-order valence-corrected chi connectivity index (χ1v) is 12.1. The maximum absolute atomic E-state index is 12.5. The summed E-state index contributed by atoms with van der Waals surface area (Å²) < 4.78 is 4.91. The molecule has 0 fully saturated rings. The van der Waals surface area contributed by atoms with Crippen molar-refractivity contribution in [2.45, 2.75) is 5.54 Å². The number of hydrogen-bond acceptors (Lipinski definition) is 9. The number of esters is 1. The van der Waals surface area contributed by atoms with Gasteiger partial charge in [0.05, 0.1) is 0 Å². The number of nitrogens with one attached hydrogen (secondary N) is 1. The number of carbonyl (C=O) groups is 1. The molecule has 0 radical (unpaired) electrons.